The first kappa shape index (κ1) is 31.9. The van der Waals surface area contributed by atoms with Crippen LogP contribution < -0.4 is 30.6 Å². The van der Waals surface area contributed by atoms with Gasteiger partial charge in [-0.3, -0.25) is 9.59 Å². The van der Waals surface area contributed by atoms with E-state index < -0.39 is 12.3 Å². The lowest BCUT2D eigenvalue weighted by atomic mass is 9.99. The van der Waals surface area contributed by atoms with Gasteiger partial charge in [-0.25, -0.2) is 0 Å². The lowest BCUT2D eigenvalue weighted by Crippen LogP contribution is -2.41. The van der Waals surface area contributed by atoms with Crippen LogP contribution in [0, 0.1) is 5.92 Å². The van der Waals surface area contributed by atoms with Gasteiger partial charge in [0.15, 0.2) is 17.7 Å². The number of fused-ring (bicyclic) bond motifs is 1. The van der Waals surface area contributed by atoms with Crippen molar-refractivity contribution in [1.82, 2.24) is 15.2 Å². The zero-order chi connectivity index (χ0) is 30.1. The molecule has 2 atom stereocenters. The van der Waals surface area contributed by atoms with Crippen LogP contribution >= 0.6 is 12.6 Å². The van der Waals surface area contributed by atoms with E-state index >= 15 is 0 Å². The summed E-state index contributed by atoms with van der Waals surface area (Å²) in [5, 5.41) is 17.3. The molecular weight excluding hydrogens is 544 g/mol. The van der Waals surface area contributed by atoms with Crippen LogP contribution in [-0.4, -0.2) is 62.1 Å². The molecular formula is C30H40N4O6S. The Morgan fingerprint density at radius 2 is 1.78 bits per heavy atom. The molecule has 0 aliphatic rings. The van der Waals surface area contributed by atoms with Gasteiger partial charge in [-0.2, -0.15) is 0 Å². The number of nitrogens with two attached hydrogens (primary N) is 1. The minimum Gasteiger partial charge on any atom is -0.493 e. The van der Waals surface area contributed by atoms with E-state index in [1.165, 1.54) is 21.3 Å². The predicted octanol–water partition coefficient (Wildman–Crippen LogP) is 3.41. The van der Waals surface area contributed by atoms with Crippen molar-refractivity contribution in [3.63, 3.8) is 0 Å². The molecule has 0 saturated heterocycles. The van der Waals surface area contributed by atoms with Crippen LogP contribution in [0.15, 0.2) is 42.6 Å². The number of aryl methyl sites for hydroxylation is 1. The largest absolute Gasteiger partial charge is 0.493 e. The Labute approximate surface area is 246 Å². The summed E-state index contributed by atoms with van der Waals surface area (Å²) in [5.41, 5.74) is 8.56. The predicted molar refractivity (Wildman–Crippen MR) is 164 cm³/mol. The van der Waals surface area contributed by atoms with Gasteiger partial charge in [0.25, 0.3) is 0 Å². The Balaban J connectivity index is 2.01. The number of nitrogens with zero attached hydrogens (tertiary/aromatic N) is 1. The van der Waals surface area contributed by atoms with Crippen molar-refractivity contribution in [1.29, 1.82) is 0 Å². The fourth-order valence-corrected chi connectivity index (χ4v) is 5.21. The smallest absolute Gasteiger partial charge is 0.236 e. The number of aromatic nitrogens is 1. The van der Waals surface area contributed by atoms with E-state index in [4.69, 9.17) is 32.6 Å². The van der Waals surface area contributed by atoms with E-state index in [0.29, 0.717) is 71.5 Å². The third-order valence-corrected chi connectivity index (χ3v) is 7.19. The van der Waals surface area contributed by atoms with Gasteiger partial charge in [-0.05, 0) is 42.5 Å². The molecule has 2 unspecified atom stereocenters. The van der Waals surface area contributed by atoms with E-state index in [-0.39, 0.29) is 5.91 Å². The van der Waals surface area contributed by atoms with Crippen LogP contribution in [0.25, 0.3) is 21.4 Å². The number of amides is 2. The first-order valence-corrected chi connectivity index (χ1v) is 13.8. The monoisotopic (exact) mass is 584 g/mol. The molecule has 1 heterocycles. The highest BCUT2D eigenvalue weighted by atomic mass is 32.1. The van der Waals surface area contributed by atoms with Crippen molar-refractivity contribution in [2.75, 3.05) is 27.9 Å². The van der Waals surface area contributed by atoms with Gasteiger partial charge in [0, 0.05) is 46.2 Å². The number of thiol groups is 1. The van der Waals surface area contributed by atoms with Crippen molar-refractivity contribution in [2.24, 2.45) is 11.7 Å². The average molecular weight is 585 g/mol. The molecule has 2 amide bonds. The van der Waals surface area contributed by atoms with Gasteiger partial charge in [0.2, 0.25) is 18.1 Å². The molecule has 0 fully saturated rings. The Hall–Kier alpha value is -3.67. The molecule has 3 aromatic rings. The third kappa shape index (κ3) is 7.55. The second-order valence-electron chi connectivity index (χ2n) is 10.00. The van der Waals surface area contributed by atoms with Crippen LogP contribution in [0.5, 0.6) is 17.2 Å². The normalized spacial score (nSPS) is 13.4. The fraction of sp³-hybridized carbons (Fsp3) is 0.400. The maximum Gasteiger partial charge on any atom is 0.236 e. The maximum absolute atomic E-state index is 12.3. The summed E-state index contributed by atoms with van der Waals surface area (Å²) < 4.78 is 18.5. The fourth-order valence-electron chi connectivity index (χ4n) is 4.78. The highest BCUT2D eigenvalue weighted by Gasteiger charge is 2.24. The number of benzene rings is 2. The van der Waals surface area contributed by atoms with E-state index in [9.17, 15) is 14.7 Å². The zero-order valence-electron chi connectivity index (χ0n) is 24.1. The molecule has 0 radical (unpaired) electrons. The number of para-hydroxylation sites is 1. The first-order valence-electron chi connectivity index (χ1n) is 13.4. The Bertz CT molecular complexity index is 1360. The number of hydrogen-bond donors (Lipinski definition) is 5. The molecule has 1 aromatic heterocycles. The van der Waals surface area contributed by atoms with Crippen LogP contribution in [0.2, 0.25) is 0 Å². The quantitative estimate of drug-likeness (QED) is 0.0799. The van der Waals surface area contributed by atoms with Crippen molar-refractivity contribution in [3.8, 4) is 17.2 Å². The maximum atomic E-state index is 12.3. The highest BCUT2D eigenvalue weighted by Crippen LogP contribution is 2.43. The molecule has 2 aromatic carbocycles. The van der Waals surface area contributed by atoms with Gasteiger partial charge in [0.05, 0.1) is 27.4 Å². The molecule has 0 saturated carbocycles. The minimum atomic E-state index is -1.38. The molecule has 0 aliphatic carbocycles. The average Bonchev–Trinajstić information content (AvgIpc) is 3.33. The van der Waals surface area contributed by atoms with Crippen LogP contribution in [0.4, 0.5) is 0 Å². The number of methoxy groups -OCH3 is 3. The zero-order valence-corrected chi connectivity index (χ0v) is 25.0. The lowest BCUT2D eigenvalue weighted by molar-refractivity contribution is -0.122. The van der Waals surface area contributed by atoms with Gasteiger partial charge < -0.3 is 40.3 Å². The Morgan fingerprint density at radius 3 is 2.37 bits per heavy atom. The molecule has 0 aliphatic heterocycles. The van der Waals surface area contributed by atoms with Gasteiger partial charge >= 0.3 is 0 Å². The van der Waals surface area contributed by atoms with Crippen LogP contribution in [-0.2, 0) is 16.1 Å². The van der Waals surface area contributed by atoms with Crippen molar-refractivity contribution < 1.29 is 28.9 Å². The standard InChI is InChI=1S/C30H40N4O6S/c1-18(2)13-22(31)29(36)32-11-8-12-34-16-21(20-9-6-7-10-23(20)34)28(41)26(30(37)33-17-35)19-14-24(38-3)27(40-5)25(15-19)39-4/h6-7,9-10,14-18,22,30,37,41H,8,11-13,31H2,1-5H3,(H,32,36)(H,33,35)/b28-26-. The van der Waals surface area contributed by atoms with Crippen molar-refractivity contribution in [2.45, 2.75) is 45.5 Å². The summed E-state index contributed by atoms with van der Waals surface area (Å²) in [6.07, 6.45) is 2.31. The lowest BCUT2D eigenvalue weighted by Gasteiger charge is -2.20. The highest BCUT2D eigenvalue weighted by molar-refractivity contribution is 7.90. The molecule has 0 spiro atoms. The van der Waals surface area contributed by atoms with Gasteiger partial charge in [-0.1, -0.05) is 32.0 Å². The van der Waals surface area contributed by atoms with Crippen LogP contribution in [0.1, 0.15) is 37.8 Å². The molecule has 11 heteroatoms. The number of aliphatic hydroxyl groups is 1. The molecule has 0 bridgehead atoms. The molecule has 3 rings (SSSR count). The summed E-state index contributed by atoms with van der Waals surface area (Å²) in [7, 11) is 4.50. The summed E-state index contributed by atoms with van der Waals surface area (Å²) in [4.78, 5) is 24.1. The SMILES string of the molecule is COc1cc(/C(=C(/S)c2cn(CCCNC(=O)C(N)CC(C)C)c3ccccc23)C(O)NC=O)cc(OC)c1OC. The summed E-state index contributed by atoms with van der Waals surface area (Å²) in [6, 6.07) is 10.7. The Morgan fingerprint density at radius 1 is 1.12 bits per heavy atom. The Kier molecular flexibility index (Phi) is 11.5. The van der Waals surface area contributed by atoms with Crippen molar-refractivity contribution in [3.05, 3.63) is 53.7 Å². The molecule has 222 valence electrons. The number of rotatable bonds is 15. The third-order valence-electron chi connectivity index (χ3n) is 6.71. The topological polar surface area (TPSA) is 137 Å². The summed E-state index contributed by atoms with van der Waals surface area (Å²) in [6.45, 7) is 5.17. The van der Waals surface area contributed by atoms with E-state index in [2.05, 4.69) is 15.2 Å². The van der Waals surface area contributed by atoms with Crippen molar-refractivity contribution >= 4 is 46.3 Å². The van der Waals surface area contributed by atoms with E-state index in [0.717, 1.165) is 16.5 Å². The second-order valence-corrected chi connectivity index (χ2v) is 10.4. The number of ether oxygens (including phenoxy) is 3. The molecule has 41 heavy (non-hydrogen) atoms. The summed E-state index contributed by atoms with van der Waals surface area (Å²) >= 11 is 4.88. The molecule has 10 nitrogen and oxygen atoms in total. The second kappa shape index (κ2) is 14.8. The molecule has 5 N–H and O–H groups in total. The summed E-state index contributed by atoms with van der Waals surface area (Å²) in [5.74, 6) is 1.36. The first-order chi connectivity index (χ1) is 19.7. The van der Waals surface area contributed by atoms with E-state index in [1.54, 1.807) is 12.1 Å². The van der Waals surface area contributed by atoms with Gasteiger partial charge in [-0.15, -0.1) is 12.6 Å². The number of carbonyl (C=O) groups is 2. The van der Waals surface area contributed by atoms with Crippen LogP contribution in [0.3, 0.4) is 0 Å². The van der Waals surface area contributed by atoms with E-state index in [1.807, 2.05) is 44.3 Å². The minimum absolute atomic E-state index is 0.149. The number of aliphatic hydroxyl groups excluding tert-OH is 1. The van der Waals surface area contributed by atoms with Gasteiger partial charge in [0.1, 0.15) is 0 Å². The number of hydrogen-bond acceptors (Lipinski definition) is 8. The number of carbonyl (C=O) groups excluding carboxylic acids is 2. The number of nitrogens with one attached hydrogen (secondary N) is 2.